The van der Waals surface area contributed by atoms with E-state index in [1.165, 1.54) is 131 Å². The van der Waals surface area contributed by atoms with Crippen LogP contribution in [0.1, 0.15) is 49.9 Å². The third-order valence-electron chi connectivity index (χ3n) is 14.6. The van der Waals surface area contributed by atoms with E-state index in [4.69, 9.17) is 0 Å². The van der Waals surface area contributed by atoms with Crippen LogP contribution in [0, 0.1) is 0 Å². The smallest absolute Gasteiger partial charge is 0.0171 e. The Kier molecular flexibility index (Phi) is 6.67. The van der Waals surface area contributed by atoms with E-state index in [9.17, 15) is 0 Å². The molecule has 0 amide bonds. The summed E-state index contributed by atoms with van der Waals surface area (Å²) in [5, 5.41) is 15.7. The Morgan fingerprint density at radius 2 is 0.800 bits per heavy atom. The van der Waals surface area contributed by atoms with E-state index in [0.29, 0.717) is 0 Å². The van der Waals surface area contributed by atoms with E-state index in [-0.39, 0.29) is 10.8 Å². The van der Waals surface area contributed by atoms with Gasteiger partial charge in [0.15, 0.2) is 0 Å². The van der Waals surface area contributed by atoms with Gasteiger partial charge in [-0.1, -0.05) is 198 Å². The molecule has 60 heavy (non-hydrogen) atoms. The van der Waals surface area contributed by atoms with Gasteiger partial charge in [0, 0.05) is 10.8 Å². The summed E-state index contributed by atoms with van der Waals surface area (Å²) < 4.78 is 0. The van der Waals surface area contributed by atoms with Gasteiger partial charge in [-0.3, -0.25) is 0 Å². The largest absolute Gasteiger partial charge is 0.0619 e. The van der Waals surface area contributed by atoms with Crippen LogP contribution in [0.4, 0.5) is 0 Å². The molecular formula is C60H42. The normalized spacial score (nSPS) is 14.6. The number of hydrogen-bond donors (Lipinski definition) is 0. The minimum atomic E-state index is -0.176. The van der Waals surface area contributed by atoms with E-state index >= 15 is 0 Å². The summed E-state index contributed by atoms with van der Waals surface area (Å²) in [6.45, 7) is 9.68. The maximum atomic E-state index is 2.54. The van der Waals surface area contributed by atoms with Gasteiger partial charge in [0.1, 0.15) is 0 Å². The van der Waals surface area contributed by atoms with E-state index < -0.39 is 0 Å². The monoisotopic (exact) mass is 762 g/mol. The number of rotatable bonds is 2. The highest BCUT2D eigenvalue weighted by atomic mass is 14.4. The SMILES string of the molecule is CC1(C)c2ccccc2-c2c1cc(-c1c3ccccc3c(-c3ccc4c5c(c6ccccc6c4c3)-c3ccc4ccccc4c3C5(C)C)c3ccccc13)c1ccccc21. The van der Waals surface area contributed by atoms with Crippen molar-refractivity contribution in [2.75, 3.05) is 0 Å². The lowest BCUT2D eigenvalue weighted by atomic mass is 9.77. The van der Waals surface area contributed by atoms with E-state index in [2.05, 4.69) is 210 Å². The third kappa shape index (κ3) is 4.26. The van der Waals surface area contributed by atoms with Crippen LogP contribution in [0.3, 0.4) is 0 Å². The molecule has 0 saturated heterocycles. The molecule has 0 unspecified atom stereocenters. The maximum Gasteiger partial charge on any atom is 0.0171 e. The van der Waals surface area contributed by atoms with Gasteiger partial charge >= 0.3 is 0 Å². The molecule has 0 aliphatic heterocycles. The van der Waals surface area contributed by atoms with Gasteiger partial charge in [0.25, 0.3) is 0 Å². The van der Waals surface area contributed by atoms with Crippen molar-refractivity contribution in [1.29, 1.82) is 0 Å². The molecule has 2 aliphatic rings. The molecule has 11 aromatic carbocycles. The van der Waals surface area contributed by atoms with E-state index in [1.807, 2.05) is 0 Å². The topological polar surface area (TPSA) is 0 Å². The summed E-state index contributed by atoms with van der Waals surface area (Å²) in [7, 11) is 0. The van der Waals surface area contributed by atoms with Crippen molar-refractivity contribution in [3.63, 3.8) is 0 Å². The van der Waals surface area contributed by atoms with Crippen LogP contribution in [0.2, 0.25) is 0 Å². The van der Waals surface area contributed by atoms with Crippen LogP contribution in [0.25, 0.3) is 109 Å². The number of fused-ring (bicyclic) bond motifs is 17. The van der Waals surface area contributed by atoms with Gasteiger partial charge in [-0.15, -0.1) is 0 Å². The van der Waals surface area contributed by atoms with Gasteiger partial charge in [-0.25, -0.2) is 0 Å². The second kappa shape index (κ2) is 11.8. The van der Waals surface area contributed by atoms with Gasteiger partial charge in [0.2, 0.25) is 0 Å². The van der Waals surface area contributed by atoms with Crippen molar-refractivity contribution in [1.82, 2.24) is 0 Å². The standard InChI is InChI=1S/C60H42/c1-59(2)51-28-16-15-27-47(51)55-40-21-9-8-20-39(40)50(34-52(55)59)54-44-25-13-11-23-42(44)53(43-24-12-14-26-45(43)54)36-30-31-46-49(33-36)38-19-7-10-22-41(38)56-48-32-29-35-17-5-6-18-37(35)57(48)60(3,4)58(46)56/h5-34H,1-4H3. The molecule has 2 aliphatic carbocycles. The average Bonchev–Trinajstić information content (AvgIpc) is 3.68. The van der Waals surface area contributed by atoms with Crippen LogP contribution < -0.4 is 0 Å². The fourth-order valence-electron chi connectivity index (χ4n) is 12.0. The highest BCUT2D eigenvalue weighted by Gasteiger charge is 2.40. The van der Waals surface area contributed by atoms with Gasteiger partial charge in [0.05, 0.1) is 0 Å². The van der Waals surface area contributed by atoms with Crippen LogP contribution >= 0.6 is 0 Å². The van der Waals surface area contributed by atoms with Gasteiger partial charge in [-0.2, -0.15) is 0 Å². The number of benzene rings is 11. The Morgan fingerprint density at radius 1 is 0.267 bits per heavy atom. The summed E-state index contributed by atoms with van der Waals surface area (Å²) in [5.41, 5.74) is 16.1. The van der Waals surface area contributed by atoms with Gasteiger partial charge in [-0.05, 0) is 144 Å². The fourth-order valence-corrected chi connectivity index (χ4v) is 12.0. The Hall–Kier alpha value is -7.02. The minimum Gasteiger partial charge on any atom is -0.0619 e. The zero-order chi connectivity index (χ0) is 40.1. The molecular weight excluding hydrogens is 721 g/mol. The molecule has 0 fully saturated rings. The van der Waals surface area contributed by atoms with Crippen LogP contribution in [-0.4, -0.2) is 0 Å². The molecule has 0 spiro atoms. The second-order valence-corrected chi connectivity index (χ2v) is 18.3. The lowest BCUT2D eigenvalue weighted by molar-refractivity contribution is 0.661. The molecule has 0 nitrogen and oxygen atoms in total. The highest BCUT2D eigenvalue weighted by molar-refractivity contribution is 6.26. The Morgan fingerprint density at radius 3 is 1.48 bits per heavy atom. The molecule has 282 valence electrons. The quantitative estimate of drug-likeness (QED) is 0.122. The molecule has 0 heterocycles. The van der Waals surface area contributed by atoms with Crippen molar-refractivity contribution in [3.05, 3.63) is 204 Å². The zero-order valence-electron chi connectivity index (χ0n) is 34.3. The summed E-state index contributed by atoms with van der Waals surface area (Å²) >= 11 is 0. The van der Waals surface area contributed by atoms with Crippen molar-refractivity contribution in [2.24, 2.45) is 0 Å². The molecule has 13 rings (SSSR count). The van der Waals surface area contributed by atoms with Crippen molar-refractivity contribution < 1.29 is 0 Å². The number of hydrogen-bond acceptors (Lipinski definition) is 0. The maximum absolute atomic E-state index is 2.54. The Bertz CT molecular complexity index is 3650. The molecule has 0 saturated carbocycles. The molecule has 0 heteroatoms. The molecule has 11 aromatic rings. The molecule has 0 atom stereocenters. The average molecular weight is 763 g/mol. The minimum absolute atomic E-state index is 0.118. The molecule has 0 aromatic heterocycles. The predicted molar refractivity (Wildman–Crippen MR) is 257 cm³/mol. The van der Waals surface area contributed by atoms with Crippen LogP contribution in [-0.2, 0) is 10.8 Å². The second-order valence-electron chi connectivity index (χ2n) is 18.3. The Labute approximate surface area is 350 Å². The zero-order valence-corrected chi connectivity index (χ0v) is 34.3. The van der Waals surface area contributed by atoms with E-state index in [0.717, 1.165) is 0 Å². The third-order valence-corrected chi connectivity index (χ3v) is 14.6. The first-order chi connectivity index (χ1) is 29.3. The lowest BCUT2D eigenvalue weighted by Gasteiger charge is -2.26. The molecule has 0 bridgehead atoms. The van der Waals surface area contributed by atoms with Crippen LogP contribution in [0.5, 0.6) is 0 Å². The van der Waals surface area contributed by atoms with Crippen molar-refractivity contribution in [3.8, 4) is 44.5 Å². The predicted octanol–water partition coefficient (Wildman–Crippen LogP) is 16.6. The van der Waals surface area contributed by atoms with E-state index in [1.54, 1.807) is 0 Å². The van der Waals surface area contributed by atoms with Crippen LogP contribution in [0.15, 0.2) is 182 Å². The summed E-state index contributed by atoms with van der Waals surface area (Å²) in [5.74, 6) is 0. The first-order valence-corrected chi connectivity index (χ1v) is 21.4. The first-order valence-electron chi connectivity index (χ1n) is 21.4. The summed E-state index contributed by atoms with van der Waals surface area (Å²) in [4.78, 5) is 0. The summed E-state index contributed by atoms with van der Waals surface area (Å²) in [6.07, 6.45) is 0. The molecule has 0 N–H and O–H groups in total. The summed E-state index contributed by atoms with van der Waals surface area (Å²) in [6, 6.07) is 69.0. The first kappa shape index (κ1) is 33.9. The highest BCUT2D eigenvalue weighted by Crippen LogP contribution is 2.58. The van der Waals surface area contributed by atoms with Gasteiger partial charge < -0.3 is 0 Å². The van der Waals surface area contributed by atoms with Crippen molar-refractivity contribution >= 4 is 64.6 Å². The Balaban J connectivity index is 1.10. The lowest BCUT2D eigenvalue weighted by Crippen LogP contribution is -2.16. The fraction of sp³-hybridized carbons (Fsp3) is 0.100. The van der Waals surface area contributed by atoms with Crippen molar-refractivity contribution in [2.45, 2.75) is 38.5 Å². The molecule has 0 radical (unpaired) electrons.